The van der Waals surface area contributed by atoms with Crippen molar-refractivity contribution >= 4 is 5.97 Å². The van der Waals surface area contributed by atoms with Crippen molar-refractivity contribution in [1.82, 2.24) is 25.0 Å². The standard InChI is InChI=1S/C30H33N5O3/c1-20-28(38-25-14-7-11-22(18-25)30(36)37-3)16-15-26(31-20)29-27(35(2)34-33-29)19-24-13-8-12-23(32-24)17-21-9-5-4-6-10-21/h4-6,8-10,12-13,15-16,22,25H,7,11,14,17-19H2,1-3H3/t22-,25-/m0/s1. The highest BCUT2D eigenvalue weighted by Gasteiger charge is 2.29. The monoisotopic (exact) mass is 511 g/mol. The Hall–Kier alpha value is -4.07. The summed E-state index contributed by atoms with van der Waals surface area (Å²) in [5.74, 6) is 0.469. The number of carbonyl (C=O) groups is 1. The van der Waals surface area contributed by atoms with Crippen molar-refractivity contribution in [3.05, 3.63) is 89.0 Å². The summed E-state index contributed by atoms with van der Waals surface area (Å²) in [7, 11) is 3.34. The molecule has 196 valence electrons. The van der Waals surface area contributed by atoms with E-state index in [0.717, 1.165) is 65.6 Å². The summed E-state index contributed by atoms with van der Waals surface area (Å²) in [5.41, 5.74) is 6.42. The Bertz CT molecular complexity index is 1400. The van der Waals surface area contributed by atoms with Gasteiger partial charge in [-0.3, -0.25) is 14.5 Å². The third-order valence-electron chi connectivity index (χ3n) is 7.12. The molecular formula is C30H33N5O3. The number of ether oxygens (including phenoxy) is 2. The number of esters is 1. The van der Waals surface area contributed by atoms with Gasteiger partial charge in [-0.15, -0.1) is 5.10 Å². The van der Waals surface area contributed by atoms with Crippen molar-refractivity contribution in [3.8, 4) is 17.1 Å². The van der Waals surface area contributed by atoms with Crippen molar-refractivity contribution in [3.63, 3.8) is 0 Å². The van der Waals surface area contributed by atoms with E-state index in [9.17, 15) is 4.79 Å². The van der Waals surface area contributed by atoms with Gasteiger partial charge in [-0.2, -0.15) is 0 Å². The molecule has 3 heterocycles. The Morgan fingerprint density at radius 1 is 0.974 bits per heavy atom. The van der Waals surface area contributed by atoms with Crippen LogP contribution >= 0.6 is 0 Å². The third-order valence-corrected chi connectivity index (χ3v) is 7.12. The molecule has 0 spiro atoms. The molecule has 8 heteroatoms. The minimum absolute atomic E-state index is 0.0273. The fraction of sp³-hybridized carbons (Fsp3) is 0.367. The lowest BCUT2D eigenvalue weighted by molar-refractivity contribution is -0.147. The van der Waals surface area contributed by atoms with Gasteiger partial charge in [-0.1, -0.05) is 41.6 Å². The molecule has 0 radical (unpaired) electrons. The van der Waals surface area contributed by atoms with Crippen LogP contribution < -0.4 is 4.74 Å². The number of pyridine rings is 2. The molecule has 8 nitrogen and oxygen atoms in total. The Balaban J connectivity index is 1.31. The highest BCUT2D eigenvalue weighted by Crippen LogP contribution is 2.31. The first kappa shape index (κ1) is 25.6. The van der Waals surface area contributed by atoms with Crippen LogP contribution in [0.25, 0.3) is 11.4 Å². The minimum Gasteiger partial charge on any atom is -0.489 e. The van der Waals surface area contributed by atoms with Gasteiger partial charge in [0.05, 0.1) is 36.2 Å². The van der Waals surface area contributed by atoms with Crippen molar-refractivity contribution in [2.24, 2.45) is 13.0 Å². The van der Waals surface area contributed by atoms with Crippen LogP contribution in [0, 0.1) is 12.8 Å². The number of nitrogens with zero attached hydrogens (tertiary/aromatic N) is 5. The fourth-order valence-corrected chi connectivity index (χ4v) is 5.09. The first-order valence-corrected chi connectivity index (χ1v) is 13.1. The van der Waals surface area contributed by atoms with Gasteiger partial charge >= 0.3 is 5.97 Å². The van der Waals surface area contributed by atoms with Gasteiger partial charge in [-0.25, -0.2) is 4.98 Å². The van der Waals surface area contributed by atoms with Gasteiger partial charge in [0.25, 0.3) is 0 Å². The third kappa shape index (κ3) is 5.90. The maximum absolute atomic E-state index is 12.0. The SMILES string of the molecule is COC(=O)[C@H]1CCC[C@H](Oc2ccc(-c3nnn(C)c3Cc3cccc(Cc4ccccc4)n3)nc2C)C1. The molecule has 1 aliphatic carbocycles. The summed E-state index contributed by atoms with van der Waals surface area (Å²) in [6.45, 7) is 1.93. The maximum atomic E-state index is 12.0. The number of aryl methyl sites for hydroxylation is 2. The molecule has 1 fully saturated rings. The summed E-state index contributed by atoms with van der Waals surface area (Å²) in [5, 5.41) is 8.71. The molecule has 3 aromatic heterocycles. The number of carbonyl (C=O) groups excluding carboxylic acids is 1. The van der Waals surface area contributed by atoms with Gasteiger partial charge in [-0.05, 0) is 62.4 Å². The van der Waals surface area contributed by atoms with Gasteiger partial charge in [0, 0.05) is 31.3 Å². The Kier molecular flexibility index (Phi) is 7.77. The Morgan fingerprint density at radius 2 is 1.76 bits per heavy atom. The first-order valence-electron chi connectivity index (χ1n) is 13.1. The van der Waals surface area contributed by atoms with Crippen LogP contribution in [-0.4, -0.2) is 44.1 Å². The lowest BCUT2D eigenvalue weighted by Gasteiger charge is -2.28. The predicted molar refractivity (Wildman–Crippen MR) is 144 cm³/mol. The number of rotatable bonds is 8. The van der Waals surface area contributed by atoms with E-state index in [0.29, 0.717) is 12.8 Å². The Morgan fingerprint density at radius 3 is 2.53 bits per heavy atom. The van der Waals surface area contributed by atoms with Crippen molar-refractivity contribution < 1.29 is 14.3 Å². The number of aromatic nitrogens is 5. The first-order chi connectivity index (χ1) is 18.5. The highest BCUT2D eigenvalue weighted by atomic mass is 16.5. The van der Waals surface area contributed by atoms with E-state index in [1.54, 1.807) is 4.68 Å². The number of hydrogen-bond acceptors (Lipinski definition) is 7. The van der Waals surface area contributed by atoms with E-state index in [1.165, 1.54) is 12.7 Å². The van der Waals surface area contributed by atoms with Crippen molar-refractivity contribution in [1.29, 1.82) is 0 Å². The largest absolute Gasteiger partial charge is 0.489 e. The zero-order valence-corrected chi connectivity index (χ0v) is 22.1. The van der Waals surface area contributed by atoms with Crippen LogP contribution in [0.4, 0.5) is 0 Å². The molecule has 0 N–H and O–H groups in total. The maximum Gasteiger partial charge on any atom is 0.308 e. The molecule has 4 aromatic rings. The fourth-order valence-electron chi connectivity index (χ4n) is 5.09. The van der Waals surface area contributed by atoms with Crippen LogP contribution in [0.15, 0.2) is 60.7 Å². The van der Waals surface area contributed by atoms with Crippen LogP contribution in [-0.2, 0) is 29.4 Å². The molecule has 2 atom stereocenters. The highest BCUT2D eigenvalue weighted by molar-refractivity contribution is 5.72. The molecule has 0 aliphatic heterocycles. The molecular weight excluding hydrogens is 478 g/mol. The van der Waals surface area contributed by atoms with E-state index in [-0.39, 0.29) is 18.0 Å². The van der Waals surface area contributed by atoms with Gasteiger partial charge in [0.2, 0.25) is 0 Å². The van der Waals surface area contributed by atoms with Crippen molar-refractivity contribution in [2.45, 2.75) is 51.6 Å². The van der Waals surface area contributed by atoms with Crippen LogP contribution in [0.3, 0.4) is 0 Å². The second kappa shape index (κ2) is 11.5. The summed E-state index contributed by atoms with van der Waals surface area (Å²) < 4.78 is 13.0. The quantitative estimate of drug-likeness (QED) is 0.312. The van der Waals surface area contributed by atoms with Gasteiger partial charge < -0.3 is 9.47 Å². The van der Waals surface area contributed by atoms with E-state index in [1.807, 2.05) is 50.4 Å². The average molecular weight is 512 g/mol. The lowest BCUT2D eigenvalue weighted by Crippen LogP contribution is -2.30. The molecule has 0 bridgehead atoms. The minimum atomic E-state index is -0.154. The van der Waals surface area contributed by atoms with Gasteiger partial charge in [0.1, 0.15) is 11.4 Å². The molecule has 1 saturated carbocycles. The summed E-state index contributed by atoms with van der Waals surface area (Å²) in [6.07, 6.45) is 4.73. The normalized spacial score (nSPS) is 17.2. The molecule has 0 unspecified atom stereocenters. The number of benzene rings is 1. The van der Waals surface area contributed by atoms with E-state index in [4.69, 9.17) is 19.4 Å². The summed E-state index contributed by atoms with van der Waals surface area (Å²) >= 11 is 0. The van der Waals surface area contributed by atoms with Crippen LogP contribution in [0.5, 0.6) is 5.75 Å². The summed E-state index contributed by atoms with van der Waals surface area (Å²) in [4.78, 5) is 21.7. The topological polar surface area (TPSA) is 92.0 Å². The number of hydrogen-bond donors (Lipinski definition) is 0. The predicted octanol–water partition coefficient (Wildman–Crippen LogP) is 4.87. The van der Waals surface area contributed by atoms with E-state index >= 15 is 0 Å². The van der Waals surface area contributed by atoms with E-state index < -0.39 is 0 Å². The molecule has 5 rings (SSSR count). The average Bonchev–Trinajstić information content (AvgIpc) is 3.30. The molecule has 1 aliphatic rings. The molecule has 0 amide bonds. The molecule has 0 saturated heterocycles. The molecule has 38 heavy (non-hydrogen) atoms. The summed E-state index contributed by atoms with van der Waals surface area (Å²) in [6, 6.07) is 20.4. The molecule has 1 aromatic carbocycles. The zero-order chi connectivity index (χ0) is 26.5. The second-order valence-corrected chi connectivity index (χ2v) is 9.87. The van der Waals surface area contributed by atoms with Gasteiger partial charge in [0.15, 0.2) is 0 Å². The Labute approximate surface area is 223 Å². The van der Waals surface area contributed by atoms with Crippen LogP contribution in [0.1, 0.15) is 54.0 Å². The van der Waals surface area contributed by atoms with E-state index in [2.05, 4.69) is 34.6 Å². The van der Waals surface area contributed by atoms with Crippen molar-refractivity contribution in [2.75, 3.05) is 7.11 Å². The number of methoxy groups -OCH3 is 1. The second-order valence-electron chi connectivity index (χ2n) is 9.87. The zero-order valence-electron chi connectivity index (χ0n) is 22.1. The smallest absolute Gasteiger partial charge is 0.308 e. The lowest BCUT2D eigenvalue weighted by atomic mass is 9.87. The van der Waals surface area contributed by atoms with Crippen LogP contribution in [0.2, 0.25) is 0 Å².